The van der Waals surface area contributed by atoms with Crippen LogP contribution < -0.4 is 9.80 Å². The average molecular weight is 819 g/mol. The molecular formula is C62H46N2. The summed E-state index contributed by atoms with van der Waals surface area (Å²) in [7, 11) is 0. The average Bonchev–Trinajstić information content (AvgIpc) is 3.79. The standard InChI is InChI=1S/C62H46N2/c1-61(2)55-39-36-43-22-18-19-33-51(43)59(55)53-38-37-45(40-56(53)61)62(44-23-8-3-9-24-44)54-35-21-20-34-52(54)60-57(62)41-50(63(46-25-10-4-11-26-46)47-27-12-5-13-28-47)42-58(60)64(48-29-14-6-15-30-48)49-31-16-7-17-32-49/h3-42H,1-2H3. The molecule has 0 bridgehead atoms. The van der Waals surface area contributed by atoms with Crippen molar-refractivity contribution in [2.45, 2.75) is 24.7 Å². The summed E-state index contributed by atoms with van der Waals surface area (Å²) in [5.74, 6) is 0. The van der Waals surface area contributed by atoms with Gasteiger partial charge in [-0.1, -0.05) is 196 Å². The second-order valence-electron chi connectivity index (χ2n) is 17.7. The molecule has 0 spiro atoms. The van der Waals surface area contributed by atoms with Gasteiger partial charge in [-0.05, 0) is 122 Å². The van der Waals surface area contributed by atoms with Crippen LogP contribution in [0, 0.1) is 0 Å². The minimum atomic E-state index is -0.683. The Morgan fingerprint density at radius 3 is 1.45 bits per heavy atom. The molecule has 1 atom stereocenters. The third kappa shape index (κ3) is 5.65. The van der Waals surface area contributed by atoms with E-state index in [2.05, 4.69) is 266 Å². The topological polar surface area (TPSA) is 6.48 Å². The van der Waals surface area contributed by atoms with E-state index in [1.807, 2.05) is 0 Å². The van der Waals surface area contributed by atoms with Gasteiger partial charge >= 0.3 is 0 Å². The molecule has 0 N–H and O–H groups in total. The first-order chi connectivity index (χ1) is 31.5. The number of hydrogen-bond acceptors (Lipinski definition) is 2. The van der Waals surface area contributed by atoms with Crippen molar-refractivity contribution in [2.75, 3.05) is 9.80 Å². The molecule has 0 amide bonds. The van der Waals surface area contributed by atoms with E-state index in [-0.39, 0.29) is 5.41 Å². The van der Waals surface area contributed by atoms with E-state index in [9.17, 15) is 0 Å². The Labute approximate surface area is 376 Å². The Morgan fingerprint density at radius 2 is 0.828 bits per heavy atom. The van der Waals surface area contributed by atoms with Crippen molar-refractivity contribution in [3.63, 3.8) is 0 Å². The molecule has 0 saturated heterocycles. The van der Waals surface area contributed by atoms with E-state index in [0.29, 0.717) is 0 Å². The first-order valence-corrected chi connectivity index (χ1v) is 22.4. The fourth-order valence-corrected chi connectivity index (χ4v) is 11.1. The predicted octanol–water partition coefficient (Wildman–Crippen LogP) is 16.4. The van der Waals surface area contributed by atoms with E-state index in [1.165, 1.54) is 66.4 Å². The molecule has 304 valence electrons. The Bertz CT molecular complexity index is 3260. The highest BCUT2D eigenvalue weighted by Gasteiger charge is 2.49. The minimum absolute atomic E-state index is 0.217. The molecule has 0 saturated carbocycles. The molecule has 0 heterocycles. The number of anilines is 6. The summed E-state index contributed by atoms with van der Waals surface area (Å²) < 4.78 is 0. The second kappa shape index (κ2) is 14.9. The van der Waals surface area contributed by atoms with Crippen molar-refractivity contribution in [2.24, 2.45) is 0 Å². The van der Waals surface area contributed by atoms with Crippen LogP contribution in [0.15, 0.2) is 243 Å². The highest BCUT2D eigenvalue weighted by Crippen LogP contribution is 2.62. The molecule has 0 fully saturated rings. The van der Waals surface area contributed by atoms with Crippen molar-refractivity contribution in [3.8, 4) is 22.3 Å². The van der Waals surface area contributed by atoms with Crippen molar-refractivity contribution in [1.29, 1.82) is 0 Å². The highest BCUT2D eigenvalue weighted by molar-refractivity contribution is 6.04. The Hall–Kier alpha value is -7.94. The summed E-state index contributed by atoms with van der Waals surface area (Å²) in [6, 6.07) is 89.6. The molecule has 10 aromatic carbocycles. The molecule has 0 radical (unpaired) electrons. The van der Waals surface area contributed by atoms with Crippen LogP contribution in [0.1, 0.15) is 47.2 Å². The summed E-state index contributed by atoms with van der Waals surface area (Å²) in [5.41, 5.74) is 18.6. The third-order valence-corrected chi connectivity index (χ3v) is 13.9. The lowest BCUT2D eigenvalue weighted by atomic mass is 9.66. The quantitative estimate of drug-likeness (QED) is 0.151. The zero-order valence-corrected chi connectivity index (χ0v) is 36.0. The first-order valence-electron chi connectivity index (χ1n) is 22.4. The number of benzene rings is 10. The number of fused-ring (bicyclic) bond motifs is 8. The summed E-state index contributed by atoms with van der Waals surface area (Å²) >= 11 is 0. The SMILES string of the molecule is CC1(C)c2cc(C3(c4ccccc4)c4ccccc4-c4c(N(c5ccccc5)c5ccccc5)cc(N(c5ccccc5)c5ccccc5)cc43)ccc2-c2c1ccc1ccccc21. The molecule has 2 aliphatic rings. The van der Waals surface area contributed by atoms with Gasteiger partial charge in [-0.25, -0.2) is 0 Å². The number of nitrogens with zero attached hydrogens (tertiary/aromatic N) is 2. The molecule has 2 aliphatic carbocycles. The summed E-state index contributed by atoms with van der Waals surface area (Å²) in [6.07, 6.45) is 0. The lowest BCUT2D eigenvalue weighted by Crippen LogP contribution is -2.29. The zero-order chi connectivity index (χ0) is 42.8. The monoisotopic (exact) mass is 818 g/mol. The molecule has 10 aromatic rings. The second-order valence-corrected chi connectivity index (χ2v) is 17.7. The molecule has 2 heteroatoms. The predicted molar refractivity (Wildman–Crippen MR) is 268 cm³/mol. The van der Waals surface area contributed by atoms with Gasteiger partial charge in [0, 0.05) is 39.4 Å². The number of para-hydroxylation sites is 4. The van der Waals surface area contributed by atoms with Gasteiger partial charge in [0.2, 0.25) is 0 Å². The van der Waals surface area contributed by atoms with Gasteiger partial charge in [-0.15, -0.1) is 0 Å². The number of rotatable bonds is 8. The van der Waals surface area contributed by atoms with Crippen LogP contribution in [0.5, 0.6) is 0 Å². The fourth-order valence-electron chi connectivity index (χ4n) is 11.1. The maximum atomic E-state index is 2.56. The van der Waals surface area contributed by atoms with Crippen molar-refractivity contribution in [1.82, 2.24) is 0 Å². The molecule has 1 unspecified atom stereocenters. The largest absolute Gasteiger partial charge is 0.310 e. The normalized spacial score (nSPS) is 15.2. The van der Waals surface area contributed by atoms with Crippen LogP contribution in [0.25, 0.3) is 33.0 Å². The molecule has 2 nitrogen and oxygen atoms in total. The van der Waals surface area contributed by atoms with Crippen molar-refractivity contribution in [3.05, 3.63) is 276 Å². The van der Waals surface area contributed by atoms with Crippen LogP contribution in [0.3, 0.4) is 0 Å². The molecule has 0 aliphatic heterocycles. The van der Waals surface area contributed by atoms with Gasteiger partial charge in [0.25, 0.3) is 0 Å². The van der Waals surface area contributed by atoms with Crippen LogP contribution in [0.4, 0.5) is 34.1 Å². The summed E-state index contributed by atoms with van der Waals surface area (Å²) in [4.78, 5) is 4.88. The van der Waals surface area contributed by atoms with Crippen LogP contribution >= 0.6 is 0 Å². The van der Waals surface area contributed by atoms with Crippen molar-refractivity contribution >= 4 is 44.9 Å². The third-order valence-electron chi connectivity index (χ3n) is 13.9. The van der Waals surface area contributed by atoms with Gasteiger partial charge in [0.1, 0.15) is 0 Å². The Morgan fingerprint density at radius 1 is 0.312 bits per heavy atom. The lowest BCUT2D eigenvalue weighted by molar-refractivity contribution is 0.656. The van der Waals surface area contributed by atoms with Crippen LogP contribution in [-0.2, 0) is 10.8 Å². The summed E-state index contributed by atoms with van der Waals surface area (Å²) in [6.45, 7) is 4.82. The van der Waals surface area contributed by atoms with Gasteiger partial charge in [-0.3, -0.25) is 0 Å². The van der Waals surface area contributed by atoms with E-state index in [1.54, 1.807) is 0 Å². The van der Waals surface area contributed by atoms with Crippen LogP contribution in [0.2, 0.25) is 0 Å². The Balaban J connectivity index is 1.23. The van der Waals surface area contributed by atoms with Crippen LogP contribution in [-0.4, -0.2) is 0 Å². The van der Waals surface area contributed by atoms with Gasteiger partial charge in [0.05, 0.1) is 11.1 Å². The molecule has 0 aromatic heterocycles. The minimum Gasteiger partial charge on any atom is -0.310 e. The van der Waals surface area contributed by atoms with E-state index < -0.39 is 5.41 Å². The van der Waals surface area contributed by atoms with E-state index >= 15 is 0 Å². The van der Waals surface area contributed by atoms with Gasteiger partial charge < -0.3 is 9.80 Å². The summed E-state index contributed by atoms with van der Waals surface area (Å²) in [5, 5.41) is 2.59. The lowest BCUT2D eigenvalue weighted by Gasteiger charge is -2.37. The smallest absolute Gasteiger partial charge is 0.0715 e. The van der Waals surface area contributed by atoms with E-state index in [4.69, 9.17) is 0 Å². The molecule has 64 heavy (non-hydrogen) atoms. The Kier molecular flexibility index (Phi) is 8.77. The van der Waals surface area contributed by atoms with Gasteiger partial charge in [0.15, 0.2) is 0 Å². The maximum Gasteiger partial charge on any atom is 0.0715 e. The fraction of sp³-hybridized carbons (Fsp3) is 0.0645. The molecule has 12 rings (SSSR count). The van der Waals surface area contributed by atoms with Crippen molar-refractivity contribution < 1.29 is 0 Å². The van der Waals surface area contributed by atoms with Gasteiger partial charge in [-0.2, -0.15) is 0 Å². The maximum absolute atomic E-state index is 2.56. The highest BCUT2D eigenvalue weighted by atomic mass is 15.2. The zero-order valence-electron chi connectivity index (χ0n) is 36.0. The van der Waals surface area contributed by atoms with E-state index in [0.717, 1.165) is 34.1 Å². The molecular weight excluding hydrogens is 773 g/mol. The first kappa shape index (κ1) is 37.8. The number of hydrogen-bond donors (Lipinski definition) is 0.